The van der Waals surface area contributed by atoms with Crippen LogP contribution >= 0.6 is 11.6 Å². The Kier molecular flexibility index (Phi) is 6.98. The van der Waals surface area contributed by atoms with E-state index in [0.29, 0.717) is 10.8 Å². The topological polar surface area (TPSA) is 50.9 Å². The van der Waals surface area contributed by atoms with E-state index in [2.05, 4.69) is 46.7 Å². The zero-order valence-electron chi connectivity index (χ0n) is 15.6. The van der Waals surface area contributed by atoms with E-state index >= 15 is 0 Å². The molecule has 3 N–H and O–H groups in total. The van der Waals surface area contributed by atoms with E-state index in [1.54, 1.807) is 23.2 Å². The van der Waals surface area contributed by atoms with Gasteiger partial charge in [0.1, 0.15) is 26.2 Å². The standard InChI is InChI=1S/C21H25ClN4O/c1-17(21(27)24-19-10-5-11-23-20(19)22)26-15-13-25(14-16-26)12-6-9-18-7-3-2-4-8-18/h2-11,17H,12-16H2,1H3,(H,24,27)/p+2/b9-6+/t17-/m1/s1. The molecule has 0 radical (unpaired) electrons. The Bertz CT molecular complexity index is 773. The number of hydrogen-bond donors (Lipinski definition) is 3. The van der Waals surface area contributed by atoms with Crippen molar-refractivity contribution in [2.75, 3.05) is 38.0 Å². The molecule has 1 aromatic heterocycles. The molecule has 5 nitrogen and oxygen atoms in total. The van der Waals surface area contributed by atoms with Gasteiger partial charge in [-0.25, -0.2) is 4.98 Å². The number of piperazine rings is 1. The van der Waals surface area contributed by atoms with Crippen LogP contribution in [0.4, 0.5) is 5.69 Å². The van der Waals surface area contributed by atoms with Crippen molar-refractivity contribution >= 4 is 29.3 Å². The van der Waals surface area contributed by atoms with Crippen LogP contribution in [-0.4, -0.2) is 49.7 Å². The predicted octanol–water partition coefficient (Wildman–Crippen LogP) is 0.559. The third kappa shape index (κ3) is 5.63. The Morgan fingerprint density at radius 2 is 1.93 bits per heavy atom. The average Bonchev–Trinajstić information content (AvgIpc) is 2.70. The van der Waals surface area contributed by atoms with E-state index in [9.17, 15) is 4.79 Å². The second-order valence-corrected chi connectivity index (χ2v) is 7.34. The van der Waals surface area contributed by atoms with Crippen LogP contribution in [0, 0.1) is 0 Å². The number of hydrogen-bond acceptors (Lipinski definition) is 2. The minimum Gasteiger partial charge on any atom is -0.322 e. The summed E-state index contributed by atoms with van der Waals surface area (Å²) in [6.45, 7) is 7.12. The van der Waals surface area contributed by atoms with E-state index in [4.69, 9.17) is 11.6 Å². The number of nitrogens with zero attached hydrogens (tertiary/aromatic N) is 1. The van der Waals surface area contributed by atoms with Crippen molar-refractivity contribution < 1.29 is 14.6 Å². The molecule has 0 unspecified atom stereocenters. The van der Waals surface area contributed by atoms with E-state index in [0.717, 1.165) is 32.7 Å². The van der Waals surface area contributed by atoms with Crippen LogP contribution in [0.2, 0.25) is 5.15 Å². The lowest BCUT2D eigenvalue weighted by atomic mass is 10.2. The number of benzene rings is 1. The van der Waals surface area contributed by atoms with Gasteiger partial charge in [-0.05, 0) is 30.7 Å². The van der Waals surface area contributed by atoms with E-state index in [-0.39, 0.29) is 11.9 Å². The van der Waals surface area contributed by atoms with Gasteiger partial charge >= 0.3 is 0 Å². The summed E-state index contributed by atoms with van der Waals surface area (Å²) in [4.78, 5) is 19.4. The first kappa shape index (κ1) is 19.5. The fourth-order valence-corrected chi connectivity index (χ4v) is 3.56. The normalized spacial score (nSPS) is 21.1. The lowest BCUT2D eigenvalue weighted by molar-refractivity contribution is -1.02. The first-order valence-corrected chi connectivity index (χ1v) is 9.82. The van der Waals surface area contributed by atoms with Crippen LogP contribution in [0.5, 0.6) is 0 Å². The molecule has 1 amide bonds. The molecule has 0 bridgehead atoms. The molecule has 2 heterocycles. The van der Waals surface area contributed by atoms with Gasteiger partial charge in [0.15, 0.2) is 11.2 Å². The molecule has 3 rings (SSSR count). The molecule has 1 aliphatic rings. The highest BCUT2D eigenvalue weighted by Gasteiger charge is 2.30. The summed E-state index contributed by atoms with van der Waals surface area (Å²) in [5.41, 5.74) is 1.81. The fraction of sp³-hybridized carbons (Fsp3) is 0.333. The SMILES string of the molecule is C[C@H](C(=O)Nc1cccnc1Cl)[NH+]1CC[NH+](C/C=C/c2ccccc2)CC1. The van der Waals surface area contributed by atoms with Crippen LogP contribution in [0.1, 0.15) is 12.5 Å². The predicted molar refractivity (Wildman–Crippen MR) is 109 cm³/mol. The van der Waals surface area contributed by atoms with Crippen molar-refractivity contribution in [1.82, 2.24) is 4.98 Å². The minimum absolute atomic E-state index is 0.00711. The fourth-order valence-electron chi connectivity index (χ4n) is 3.39. The number of amides is 1. The maximum Gasteiger partial charge on any atom is 0.282 e. The zero-order valence-corrected chi connectivity index (χ0v) is 16.4. The van der Waals surface area contributed by atoms with Gasteiger partial charge in [-0.15, -0.1) is 0 Å². The summed E-state index contributed by atoms with van der Waals surface area (Å²) in [6, 6.07) is 13.8. The monoisotopic (exact) mass is 386 g/mol. The number of quaternary nitrogens is 2. The van der Waals surface area contributed by atoms with Crippen molar-refractivity contribution in [3.63, 3.8) is 0 Å². The molecule has 0 aliphatic carbocycles. The molecule has 6 heteroatoms. The smallest absolute Gasteiger partial charge is 0.282 e. The quantitative estimate of drug-likeness (QED) is 0.635. The number of pyridine rings is 1. The average molecular weight is 387 g/mol. The van der Waals surface area contributed by atoms with Crippen LogP contribution in [-0.2, 0) is 4.79 Å². The Morgan fingerprint density at radius 3 is 2.63 bits per heavy atom. The van der Waals surface area contributed by atoms with Crippen molar-refractivity contribution in [3.05, 3.63) is 65.5 Å². The number of anilines is 1. The van der Waals surface area contributed by atoms with Crippen molar-refractivity contribution in [2.45, 2.75) is 13.0 Å². The Balaban J connectivity index is 1.45. The molecule has 1 fully saturated rings. The van der Waals surface area contributed by atoms with Gasteiger partial charge in [0.05, 0.1) is 12.2 Å². The Morgan fingerprint density at radius 1 is 1.19 bits per heavy atom. The number of rotatable bonds is 6. The lowest BCUT2D eigenvalue weighted by Gasteiger charge is -2.32. The maximum atomic E-state index is 12.5. The molecule has 142 valence electrons. The van der Waals surface area contributed by atoms with Crippen LogP contribution in [0.3, 0.4) is 0 Å². The minimum atomic E-state index is -0.109. The lowest BCUT2D eigenvalue weighted by Crippen LogP contribution is -3.29. The summed E-state index contributed by atoms with van der Waals surface area (Å²) in [7, 11) is 0. The second kappa shape index (κ2) is 9.65. The summed E-state index contributed by atoms with van der Waals surface area (Å²) in [5.74, 6) is -0.00711. The molecule has 0 saturated carbocycles. The van der Waals surface area contributed by atoms with Gasteiger partial charge in [-0.3, -0.25) is 4.79 Å². The molecule has 0 spiro atoms. The van der Waals surface area contributed by atoms with E-state index in [1.165, 1.54) is 10.5 Å². The Hall–Kier alpha value is -2.21. The number of aromatic nitrogens is 1. The molecule has 1 saturated heterocycles. The third-order valence-electron chi connectivity index (χ3n) is 5.14. The number of carbonyl (C=O) groups excluding carboxylic acids is 1. The largest absolute Gasteiger partial charge is 0.322 e. The van der Waals surface area contributed by atoms with Crippen LogP contribution in [0.25, 0.3) is 6.08 Å². The first-order valence-electron chi connectivity index (χ1n) is 9.44. The van der Waals surface area contributed by atoms with Crippen molar-refractivity contribution in [1.29, 1.82) is 0 Å². The van der Waals surface area contributed by atoms with Crippen molar-refractivity contribution in [2.24, 2.45) is 0 Å². The van der Waals surface area contributed by atoms with Crippen LogP contribution < -0.4 is 15.1 Å². The highest BCUT2D eigenvalue weighted by molar-refractivity contribution is 6.32. The molecule has 1 aliphatic heterocycles. The van der Waals surface area contributed by atoms with E-state index in [1.807, 2.05) is 13.0 Å². The second-order valence-electron chi connectivity index (χ2n) is 6.98. The Labute approximate surface area is 165 Å². The first-order chi connectivity index (χ1) is 13.1. The number of halogens is 1. The summed E-state index contributed by atoms with van der Waals surface area (Å²) in [6.07, 6.45) is 6.04. The summed E-state index contributed by atoms with van der Waals surface area (Å²) >= 11 is 6.03. The summed E-state index contributed by atoms with van der Waals surface area (Å²) < 4.78 is 0. The number of carbonyl (C=O) groups is 1. The number of nitrogens with one attached hydrogen (secondary N) is 3. The van der Waals surface area contributed by atoms with Gasteiger partial charge in [-0.1, -0.05) is 48.0 Å². The summed E-state index contributed by atoms with van der Waals surface area (Å²) in [5, 5.41) is 3.23. The molecular weight excluding hydrogens is 360 g/mol. The van der Waals surface area contributed by atoms with E-state index < -0.39 is 0 Å². The van der Waals surface area contributed by atoms with Gasteiger partial charge in [0, 0.05) is 6.20 Å². The van der Waals surface area contributed by atoms with Gasteiger partial charge in [0.2, 0.25) is 0 Å². The highest BCUT2D eigenvalue weighted by atomic mass is 35.5. The molecule has 1 aromatic carbocycles. The van der Waals surface area contributed by atoms with Crippen LogP contribution in [0.15, 0.2) is 54.7 Å². The molecule has 2 aromatic rings. The van der Waals surface area contributed by atoms with Gasteiger partial charge in [-0.2, -0.15) is 0 Å². The molecule has 27 heavy (non-hydrogen) atoms. The molecule has 1 atom stereocenters. The third-order valence-corrected chi connectivity index (χ3v) is 5.44. The van der Waals surface area contributed by atoms with Gasteiger partial charge < -0.3 is 15.1 Å². The van der Waals surface area contributed by atoms with Gasteiger partial charge in [0.25, 0.3) is 5.91 Å². The maximum absolute atomic E-state index is 12.5. The molecular formula is C21H27ClN4O+2. The van der Waals surface area contributed by atoms with Crippen molar-refractivity contribution in [3.8, 4) is 0 Å². The zero-order chi connectivity index (χ0) is 19.1. The highest BCUT2D eigenvalue weighted by Crippen LogP contribution is 2.17.